The van der Waals surface area contributed by atoms with Gasteiger partial charge >= 0.3 is 0 Å². The minimum Gasteiger partial charge on any atom is -0.497 e. The topological polar surface area (TPSA) is 26.6 Å². The average molecular weight is 465 g/mol. The Morgan fingerprint density at radius 2 is 1.61 bits per heavy atom. The van der Waals surface area contributed by atoms with Crippen molar-refractivity contribution in [1.82, 2.24) is 9.47 Å². The van der Waals surface area contributed by atoms with Crippen molar-refractivity contribution in [2.75, 3.05) is 39.6 Å². The summed E-state index contributed by atoms with van der Waals surface area (Å²) in [6.45, 7) is 4.93. The number of rotatable bonds is 8. The number of piperidine rings is 1. The van der Waals surface area contributed by atoms with Gasteiger partial charge in [0, 0.05) is 33.7 Å². The molecule has 0 saturated carbocycles. The SMILES string of the molecule is COc1ccc2c(c1)SCCc1c-2n(CCCCCN2CCCCC2)c2ccc(OC)cc12. The Hall–Kier alpha value is -2.11. The normalized spacial score (nSPS) is 16.3. The molecule has 0 spiro atoms. The second-order valence-corrected chi connectivity index (χ2v) is 10.4. The fourth-order valence-corrected chi connectivity index (χ4v) is 6.54. The molecule has 3 aromatic rings. The zero-order valence-electron chi connectivity index (χ0n) is 20.1. The van der Waals surface area contributed by atoms with Crippen LogP contribution in [0.1, 0.15) is 44.1 Å². The first-order valence-corrected chi connectivity index (χ1v) is 13.5. The van der Waals surface area contributed by atoms with Crippen LogP contribution in [-0.2, 0) is 13.0 Å². The summed E-state index contributed by atoms with van der Waals surface area (Å²) in [4.78, 5) is 3.99. The van der Waals surface area contributed by atoms with Crippen molar-refractivity contribution in [3.8, 4) is 22.8 Å². The highest BCUT2D eigenvalue weighted by atomic mass is 32.2. The molecular formula is C28H36N2O2S. The van der Waals surface area contributed by atoms with Crippen LogP contribution in [-0.4, -0.2) is 49.1 Å². The van der Waals surface area contributed by atoms with Crippen LogP contribution >= 0.6 is 11.8 Å². The first-order valence-electron chi connectivity index (χ1n) is 12.5. The highest BCUT2D eigenvalue weighted by Gasteiger charge is 2.24. The maximum Gasteiger partial charge on any atom is 0.120 e. The van der Waals surface area contributed by atoms with Crippen LogP contribution in [0.4, 0.5) is 0 Å². The summed E-state index contributed by atoms with van der Waals surface area (Å²) >= 11 is 1.95. The van der Waals surface area contributed by atoms with Crippen LogP contribution in [0.25, 0.3) is 22.2 Å². The third kappa shape index (κ3) is 4.76. The van der Waals surface area contributed by atoms with Crippen LogP contribution in [0.5, 0.6) is 11.5 Å². The Balaban J connectivity index is 1.44. The third-order valence-corrected chi connectivity index (χ3v) is 8.29. The van der Waals surface area contributed by atoms with Gasteiger partial charge in [-0.15, -0.1) is 11.8 Å². The number of ether oxygens (including phenoxy) is 2. The minimum absolute atomic E-state index is 0.937. The van der Waals surface area contributed by atoms with E-state index in [-0.39, 0.29) is 0 Å². The molecular weight excluding hydrogens is 428 g/mol. The molecule has 0 atom stereocenters. The maximum atomic E-state index is 5.59. The second kappa shape index (κ2) is 10.4. The van der Waals surface area contributed by atoms with E-state index in [4.69, 9.17) is 9.47 Å². The number of fused-ring (bicyclic) bond motifs is 5. The summed E-state index contributed by atoms with van der Waals surface area (Å²) in [7, 11) is 3.51. The number of nitrogens with zero attached hydrogens (tertiary/aromatic N) is 2. The van der Waals surface area contributed by atoms with Crippen molar-refractivity contribution in [2.45, 2.75) is 56.4 Å². The standard InChI is InChI=1S/C28H36N2O2S/c1-31-21-10-12-26-25(19-21)23-13-18-33-27-20-22(32-2)9-11-24(27)28(23)30(26)17-8-4-7-16-29-14-5-3-6-15-29/h9-12,19-20H,3-8,13-18H2,1-2H3. The molecule has 0 amide bonds. The van der Waals surface area contributed by atoms with Gasteiger partial charge < -0.3 is 18.9 Å². The van der Waals surface area contributed by atoms with E-state index in [0.29, 0.717) is 0 Å². The largest absolute Gasteiger partial charge is 0.497 e. The molecule has 0 bridgehead atoms. The lowest BCUT2D eigenvalue weighted by Crippen LogP contribution is -2.30. The molecule has 0 unspecified atom stereocenters. The number of hydrogen-bond acceptors (Lipinski definition) is 4. The maximum absolute atomic E-state index is 5.59. The number of aromatic nitrogens is 1. The van der Waals surface area contributed by atoms with Crippen LogP contribution in [0.3, 0.4) is 0 Å². The number of methoxy groups -OCH3 is 2. The van der Waals surface area contributed by atoms with Gasteiger partial charge in [0.1, 0.15) is 11.5 Å². The Kier molecular flexibility index (Phi) is 7.17. The van der Waals surface area contributed by atoms with E-state index in [2.05, 4.69) is 45.9 Å². The van der Waals surface area contributed by atoms with Gasteiger partial charge in [-0.05, 0) is 93.7 Å². The van der Waals surface area contributed by atoms with Crippen molar-refractivity contribution < 1.29 is 9.47 Å². The molecule has 0 radical (unpaired) electrons. The minimum atomic E-state index is 0.937. The van der Waals surface area contributed by atoms with Gasteiger partial charge in [-0.1, -0.05) is 12.8 Å². The third-order valence-electron chi connectivity index (χ3n) is 7.23. The van der Waals surface area contributed by atoms with Crippen LogP contribution in [0.2, 0.25) is 0 Å². The number of hydrogen-bond donors (Lipinski definition) is 0. The van der Waals surface area contributed by atoms with Crippen LogP contribution in [0, 0.1) is 0 Å². The van der Waals surface area contributed by atoms with Gasteiger partial charge in [0.2, 0.25) is 0 Å². The number of unbranched alkanes of at least 4 members (excludes halogenated alkanes) is 2. The summed E-state index contributed by atoms with van der Waals surface area (Å²) < 4.78 is 13.7. The smallest absolute Gasteiger partial charge is 0.120 e. The Morgan fingerprint density at radius 1 is 0.848 bits per heavy atom. The summed E-state index contributed by atoms with van der Waals surface area (Å²) in [5.41, 5.74) is 5.55. The quantitative estimate of drug-likeness (QED) is 0.350. The number of aryl methyl sites for hydroxylation is 2. The van der Waals surface area contributed by atoms with E-state index < -0.39 is 0 Å². The Bertz CT molecular complexity index is 1100. The van der Waals surface area contributed by atoms with Gasteiger partial charge in [-0.3, -0.25) is 0 Å². The molecule has 2 aliphatic heterocycles. The molecule has 2 aromatic carbocycles. The van der Waals surface area contributed by atoms with E-state index in [9.17, 15) is 0 Å². The molecule has 0 N–H and O–H groups in total. The lowest BCUT2D eigenvalue weighted by atomic mass is 10.0. The van der Waals surface area contributed by atoms with Crippen molar-refractivity contribution in [3.05, 3.63) is 42.0 Å². The summed E-state index contributed by atoms with van der Waals surface area (Å²) in [6.07, 6.45) is 9.06. The zero-order valence-corrected chi connectivity index (χ0v) is 20.9. The van der Waals surface area contributed by atoms with E-state index in [0.717, 1.165) is 30.2 Å². The van der Waals surface area contributed by atoms with Gasteiger partial charge in [0.15, 0.2) is 0 Å². The van der Waals surface area contributed by atoms with Crippen LogP contribution in [0.15, 0.2) is 41.3 Å². The lowest BCUT2D eigenvalue weighted by molar-refractivity contribution is 0.224. The van der Waals surface area contributed by atoms with Gasteiger partial charge in [0.05, 0.1) is 19.9 Å². The summed E-state index contributed by atoms with van der Waals surface area (Å²) in [5.74, 6) is 2.96. The molecule has 2 aliphatic rings. The number of thioether (sulfide) groups is 1. The molecule has 0 aliphatic carbocycles. The number of likely N-dealkylation sites (tertiary alicyclic amines) is 1. The van der Waals surface area contributed by atoms with Crippen LogP contribution < -0.4 is 9.47 Å². The van der Waals surface area contributed by atoms with E-state index in [1.54, 1.807) is 14.2 Å². The molecule has 33 heavy (non-hydrogen) atoms. The molecule has 176 valence electrons. The van der Waals surface area contributed by atoms with Gasteiger partial charge in [-0.2, -0.15) is 0 Å². The zero-order chi connectivity index (χ0) is 22.6. The fraction of sp³-hybridized carbons (Fsp3) is 0.500. The molecule has 4 nitrogen and oxygen atoms in total. The average Bonchev–Trinajstić information content (AvgIpc) is 3.03. The number of benzene rings is 2. The van der Waals surface area contributed by atoms with Gasteiger partial charge in [-0.25, -0.2) is 0 Å². The van der Waals surface area contributed by atoms with Crippen molar-refractivity contribution >= 4 is 22.7 Å². The van der Waals surface area contributed by atoms with E-state index >= 15 is 0 Å². The molecule has 1 fully saturated rings. The fourth-order valence-electron chi connectivity index (χ4n) is 5.50. The highest BCUT2D eigenvalue weighted by Crippen LogP contribution is 2.44. The second-order valence-electron chi connectivity index (χ2n) is 9.29. The lowest BCUT2D eigenvalue weighted by Gasteiger charge is -2.26. The molecule has 1 saturated heterocycles. The monoisotopic (exact) mass is 464 g/mol. The van der Waals surface area contributed by atoms with E-state index in [1.165, 1.54) is 90.8 Å². The molecule has 5 rings (SSSR count). The Morgan fingerprint density at radius 3 is 2.42 bits per heavy atom. The molecule has 5 heteroatoms. The van der Waals surface area contributed by atoms with Gasteiger partial charge in [0.25, 0.3) is 0 Å². The van der Waals surface area contributed by atoms with Crippen molar-refractivity contribution in [3.63, 3.8) is 0 Å². The summed E-state index contributed by atoms with van der Waals surface area (Å²) in [5, 5.41) is 1.35. The summed E-state index contributed by atoms with van der Waals surface area (Å²) in [6, 6.07) is 13.2. The molecule has 1 aromatic heterocycles. The molecule has 3 heterocycles. The van der Waals surface area contributed by atoms with Crippen molar-refractivity contribution in [1.29, 1.82) is 0 Å². The van der Waals surface area contributed by atoms with E-state index in [1.807, 2.05) is 11.8 Å². The Labute approximate surface area is 202 Å². The highest BCUT2D eigenvalue weighted by molar-refractivity contribution is 7.99. The first kappa shape index (κ1) is 22.7. The first-order chi connectivity index (χ1) is 16.3. The predicted molar refractivity (Wildman–Crippen MR) is 139 cm³/mol. The predicted octanol–water partition coefficient (Wildman–Crippen LogP) is 6.63. The van der Waals surface area contributed by atoms with Crippen molar-refractivity contribution in [2.24, 2.45) is 0 Å².